The van der Waals surface area contributed by atoms with Gasteiger partial charge in [0.1, 0.15) is 11.2 Å². The Morgan fingerprint density at radius 1 is 0.479 bits per heavy atom. The third kappa shape index (κ3) is 3.40. The Kier molecular flexibility index (Phi) is 5.02. The maximum Gasteiger partial charge on any atom is 0.246 e. The van der Waals surface area contributed by atoms with E-state index in [-0.39, 0.29) is 0 Å². The Bertz CT molecular complexity index is 2860. The molecule has 0 spiro atoms. The first-order chi connectivity index (χ1) is 23.8. The summed E-state index contributed by atoms with van der Waals surface area (Å²) in [5, 5.41) is 4.93. The van der Waals surface area contributed by atoms with Crippen molar-refractivity contribution in [1.82, 2.24) is 19.1 Å². The highest BCUT2D eigenvalue weighted by Gasteiger charge is 2.28. The van der Waals surface area contributed by atoms with Crippen molar-refractivity contribution in [1.29, 1.82) is 0 Å². The van der Waals surface area contributed by atoms with Crippen molar-refractivity contribution >= 4 is 71.8 Å². The number of fused-ring (bicyclic) bond motifs is 9. The van der Waals surface area contributed by atoms with Gasteiger partial charge in [0.25, 0.3) is 0 Å². The van der Waals surface area contributed by atoms with Crippen LogP contribution in [0.1, 0.15) is 0 Å². The van der Waals surface area contributed by atoms with E-state index in [0.29, 0.717) is 17.2 Å². The van der Waals surface area contributed by atoms with Crippen molar-refractivity contribution in [3.63, 3.8) is 0 Å². The fraction of sp³-hybridized carbons (Fsp3) is 0. The Balaban J connectivity index is 1.02. The second-order valence-corrected chi connectivity index (χ2v) is 12.3. The molecule has 0 N–H and O–H groups in total. The van der Waals surface area contributed by atoms with Crippen LogP contribution in [0.3, 0.4) is 0 Å². The standard InChI is InChI=1S/C42H25N5O/c1-4-14-34-28(10-1)29-11-2-5-15-35(29)46(34)27-21-23-33(43-25-27)42-44-32-22-20-26(24-40(32)48-42)45-37-17-7-8-18-38(37)47-36-16-6-3-12-30(36)31-13-9-19-39(45)41(31)47/h1-25H. The number of oxazole rings is 1. The average molecular weight is 616 g/mol. The molecule has 48 heavy (non-hydrogen) atoms. The molecular formula is C42H25N5O. The monoisotopic (exact) mass is 615 g/mol. The summed E-state index contributed by atoms with van der Waals surface area (Å²) < 4.78 is 11.1. The molecule has 0 fully saturated rings. The number of anilines is 3. The van der Waals surface area contributed by atoms with Gasteiger partial charge in [-0.1, -0.05) is 78.9 Å². The fourth-order valence-corrected chi connectivity index (χ4v) is 7.69. The summed E-state index contributed by atoms with van der Waals surface area (Å²) in [5.41, 5.74) is 12.3. The third-order valence-corrected chi connectivity index (χ3v) is 9.71. The molecule has 0 saturated carbocycles. The molecule has 1 aliphatic rings. The summed E-state index contributed by atoms with van der Waals surface area (Å²) in [5.74, 6) is 0.497. The first kappa shape index (κ1) is 25.5. The van der Waals surface area contributed by atoms with Crippen LogP contribution >= 0.6 is 0 Å². The van der Waals surface area contributed by atoms with E-state index >= 15 is 0 Å². The van der Waals surface area contributed by atoms with Crippen molar-refractivity contribution in [2.45, 2.75) is 0 Å². The number of para-hydroxylation sites is 6. The highest BCUT2D eigenvalue weighted by Crippen LogP contribution is 2.49. The molecule has 0 radical (unpaired) electrons. The molecule has 0 aliphatic carbocycles. The van der Waals surface area contributed by atoms with Crippen molar-refractivity contribution in [3.8, 4) is 23.0 Å². The summed E-state index contributed by atoms with van der Waals surface area (Å²) in [4.78, 5) is 12.0. The van der Waals surface area contributed by atoms with E-state index in [1.165, 1.54) is 32.6 Å². The van der Waals surface area contributed by atoms with Gasteiger partial charge < -0.3 is 18.5 Å². The van der Waals surface area contributed by atoms with Crippen molar-refractivity contribution in [3.05, 3.63) is 152 Å². The first-order valence-corrected chi connectivity index (χ1v) is 16.1. The van der Waals surface area contributed by atoms with Crippen LogP contribution in [0.5, 0.6) is 0 Å². The lowest BCUT2D eigenvalue weighted by atomic mass is 10.1. The average Bonchev–Trinajstić information content (AvgIpc) is 3.83. The molecule has 0 amide bonds. The molecule has 6 aromatic carbocycles. The second-order valence-electron chi connectivity index (χ2n) is 12.3. The van der Waals surface area contributed by atoms with Gasteiger partial charge in [-0.15, -0.1) is 0 Å². The minimum atomic E-state index is 0.497. The second kappa shape index (κ2) is 9.44. The summed E-state index contributed by atoms with van der Waals surface area (Å²) in [6, 6.07) is 51.1. The minimum absolute atomic E-state index is 0.497. The highest BCUT2D eigenvalue weighted by molar-refractivity contribution is 6.16. The van der Waals surface area contributed by atoms with Crippen LogP contribution in [-0.4, -0.2) is 19.1 Å². The largest absolute Gasteiger partial charge is 0.435 e. The summed E-state index contributed by atoms with van der Waals surface area (Å²) in [6.07, 6.45) is 1.90. The lowest BCUT2D eigenvalue weighted by Gasteiger charge is -2.33. The summed E-state index contributed by atoms with van der Waals surface area (Å²) in [6.45, 7) is 0. The lowest BCUT2D eigenvalue weighted by molar-refractivity contribution is 0.617. The smallest absolute Gasteiger partial charge is 0.246 e. The van der Waals surface area contributed by atoms with Crippen LogP contribution in [-0.2, 0) is 0 Å². The fourth-order valence-electron chi connectivity index (χ4n) is 7.69. The van der Waals surface area contributed by atoms with E-state index < -0.39 is 0 Å². The molecule has 0 unspecified atom stereocenters. The Morgan fingerprint density at radius 2 is 1.08 bits per heavy atom. The van der Waals surface area contributed by atoms with Crippen LogP contribution in [0, 0.1) is 0 Å². The number of rotatable bonds is 3. The molecule has 224 valence electrons. The van der Waals surface area contributed by atoms with Gasteiger partial charge in [0.2, 0.25) is 5.89 Å². The van der Waals surface area contributed by atoms with Gasteiger partial charge in [0, 0.05) is 27.6 Å². The number of nitrogens with zero attached hydrogens (tertiary/aromatic N) is 5. The summed E-state index contributed by atoms with van der Waals surface area (Å²) in [7, 11) is 0. The zero-order valence-corrected chi connectivity index (χ0v) is 25.6. The number of hydrogen-bond donors (Lipinski definition) is 0. The Morgan fingerprint density at radius 3 is 1.81 bits per heavy atom. The zero-order valence-electron chi connectivity index (χ0n) is 25.6. The molecular weight excluding hydrogens is 590 g/mol. The minimum Gasteiger partial charge on any atom is -0.435 e. The molecule has 6 nitrogen and oxygen atoms in total. The van der Waals surface area contributed by atoms with E-state index in [1.807, 2.05) is 18.3 Å². The first-order valence-electron chi connectivity index (χ1n) is 16.1. The molecule has 0 saturated heterocycles. The van der Waals surface area contributed by atoms with Gasteiger partial charge in [0.15, 0.2) is 5.58 Å². The molecule has 11 rings (SSSR count). The normalized spacial score (nSPS) is 12.5. The SMILES string of the molecule is c1ccc2c(c1)N(c1ccc3nc(-c4ccc(-n5c6ccccc6c6ccccc65)cn4)oc3c1)c1cccc3c4ccccc4n-2c13. The van der Waals surface area contributed by atoms with Gasteiger partial charge in [-0.3, -0.25) is 0 Å². The van der Waals surface area contributed by atoms with E-state index in [1.54, 1.807) is 0 Å². The predicted molar refractivity (Wildman–Crippen MR) is 194 cm³/mol. The zero-order chi connectivity index (χ0) is 31.3. The molecule has 5 heterocycles. The number of hydrogen-bond acceptors (Lipinski definition) is 4. The molecule has 4 aromatic heterocycles. The van der Waals surface area contributed by atoms with Crippen LogP contribution < -0.4 is 4.90 Å². The number of benzene rings is 6. The van der Waals surface area contributed by atoms with E-state index in [2.05, 4.69) is 147 Å². The Hall–Kier alpha value is -6.66. The quantitative estimate of drug-likeness (QED) is 0.198. The van der Waals surface area contributed by atoms with Crippen molar-refractivity contribution in [2.24, 2.45) is 0 Å². The highest BCUT2D eigenvalue weighted by atomic mass is 16.3. The van der Waals surface area contributed by atoms with Gasteiger partial charge in [-0.25, -0.2) is 9.97 Å². The van der Waals surface area contributed by atoms with Crippen LogP contribution in [0.25, 0.3) is 77.7 Å². The number of pyridine rings is 1. The predicted octanol–water partition coefficient (Wildman–Crippen LogP) is 10.9. The molecule has 6 heteroatoms. The van der Waals surface area contributed by atoms with Gasteiger partial charge in [0.05, 0.1) is 56.7 Å². The molecule has 1 aliphatic heterocycles. The molecule has 0 atom stereocenters. The van der Waals surface area contributed by atoms with Gasteiger partial charge in [-0.05, 0) is 60.7 Å². The van der Waals surface area contributed by atoms with E-state index in [0.717, 1.165) is 45.0 Å². The van der Waals surface area contributed by atoms with Crippen molar-refractivity contribution in [2.75, 3.05) is 4.90 Å². The van der Waals surface area contributed by atoms with Gasteiger partial charge >= 0.3 is 0 Å². The Labute approximate surface area is 274 Å². The lowest BCUT2D eigenvalue weighted by Crippen LogP contribution is -2.17. The third-order valence-electron chi connectivity index (χ3n) is 9.71. The maximum absolute atomic E-state index is 6.42. The van der Waals surface area contributed by atoms with E-state index in [4.69, 9.17) is 14.4 Å². The van der Waals surface area contributed by atoms with Crippen LogP contribution in [0.15, 0.2) is 156 Å². The van der Waals surface area contributed by atoms with Crippen molar-refractivity contribution < 1.29 is 4.42 Å². The van der Waals surface area contributed by atoms with Gasteiger partial charge in [-0.2, -0.15) is 0 Å². The van der Waals surface area contributed by atoms with Crippen LogP contribution in [0.2, 0.25) is 0 Å². The van der Waals surface area contributed by atoms with E-state index in [9.17, 15) is 0 Å². The topological polar surface area (TPSA) is 52.0 Å². The number of aromatic nitrogens is 4. The molecule has 0 bridgehead atoms. The maximum atomic E-state index is 6.42. The summed E-state index contributed by atoms with van der Waals surface area (Å²) >= 11 is 0. The van der Waals surface area contributed by atoms with Crippen LogP contribution in [0.4, 0.5) is 17.1 Å². The molecule has 10 aromatic rings.